The highest BCUT2D eigenvalue weighted by atomic mass is 32.1. The zero-order chi connectivity index (χ0) is 11.4. The third kappa shape index (κ3) is 2.64. The molecule has 0 aliphatic heterocycles. The van der Waals surface area contributed by atoms with E-state index in [0.717, 1.165) is 17.1 Å². The predicted octanol–water partition coefficient (Wildman–Crippen LogP) is 2.35. The first kappa shape index (κ1) is 10.8. The highest BCUT2D eigenvalue weighted by Gasteiger charge is 1.98. The Morgan fingerprint density at radius 3 is 2.69 bits per heavy atom. The van der Waals surface area contributed by atoms with Gasteiger partial charge in [-0.15, -0.1) is 11.3 Å². The van der Waals surface area contributed by atoms with Crippen molar-refractivity contribution >= 4 is 22.2 Å². The number of hydrogen-bond donors (Lipinski definition) is 2. The topological polar surface area (TPSA) is 60.2 Å². The lowest BCUT2D eigenvalue weighted by molar-refractivity contribution is 0.415. The van der Waals surface area contributed by atoms with Crippen molar-refractivity contribution in [2.45, 2.75) is 6.54 Å². The first-order chi connectivity index (χ1) is 7.78. The van der Waals surface area contributed by atoms with Gasteiger partial charge in [0, 0.05) is 11.1 Å². The van der Waals surface area contributed by atoms with Crippen molar-refractivity contribution in [1.29, 1.82) is 0 Å². The van der Waals surface area contributed by atoms with Crippen LogP contribution in [0, 0.1) is 0 Å². The summed E-state index contributed by atoms with van der Waals surface area (Å²) in [5, 5.41) is 5.81. The van der Waals surface area contributed by atoms with Crippen LogP contribution in [0.5, 0.6) is 5.75 Å². The van der Waals surface area contributed by atoms with Crippen molar-refractivity contribution < 1.29 is 4.74 Å². The quantitative estimate of drug-likeness (QED) is 0.854. The summed E-state index contributed by atoms with van der Waals surface area (Å²) in [7, 11) is 1.65. The van der Waals surface area contributed by atoms with Gasteiger partial charge in [0.05, 0.1) is 19.3 Å². The van der Waals surface area contributed by atoms with E-state index < -0.39 is 0 Å². The minimum Gasteiger partial charge on any atom is -0.497 e. The molecule has 0 bridgehead atoms. The van der Waals surface area contributed by atoms with Crippen LogP contribution in [0.3, 0.4) is 0 Å². The van der Waals surface area contributed by atoms with E-state index in [-0.39, 0.29) is 0 Å². The largest absolute Gasteiger partial charge is 0.497 e. The number of ether oxygens (including phenoxy) is 1. The molecular weight excluding hydrogens is 222 g/mol. The number of benzene rings is 1. The average molecular weight is 235 g/mol. The number of nitrogens with one attached hydrogen (secondary N) is 1. The Kier molecular flexibility index (Phi) is 3.26. The zero-order valence-electron chi connectivity index (χ0n) is 8.93. The van der Waals surface area contributed by atoms with E-state index in [1.807, 2.05) is 29.6 Å². The number of aromatic nitrogens is 1. The Hall–Kier alpha value is -1.75. The van der Waals surface area contributed by atoms with Crippen LogP contribution in [0.2, 0.25) is 0 Å². The molecule has 0 saturated carbocycles. The van der Waals surface area contributed by atoms with E-state index in [1.54, 1.807) is 7.11 Å². The summed E-state index contributed by atoms with van der Waals surface area (Å²) in [5.41, 5.74) is 7.54. The minimum atomic E-state index is 0.603. The zero-order valence-corrected chi connectivity index (χ0v) is 9.75. The monoisotopic (exact) mass is 235 g/mol. The molecule has 2 aromatic rings. The summed E-state index contributed by atoms with van der Waals surface area (Å²) < 4.78 is 5.08. The normalized spacial score (nSPS) is 10.1. The van der Waals surface area contributed by atoms with Crippen molar-refractivity contribution in [3.8, 4) is 5.75 Å². The van der Waals surface area contributed by atoms with E-state index in [2.05, 4.69) is 10.3 Å². The predicted molar refractivity (Wildman–Crippen MR) is 66.8 cm³/mol. The summed E-state index contributed by atoms with van der Waals surface area (Å²) in [5.74, 6) is 0.850. The third-order valence-corrected chi connectivity index (χ3v) is 2.86. The molecule has 0 fully saturated rings. The Morgan fingerprint density at radius 2 is 2.12 bits per heavy atom. The molecule has 0 aliphatic carbocycles. The van der Waals surface area contributed by atoms with Gasteiger partial charge in [-0.2, -0.15) is 0 Å². The number of nitrogens with two attached hydrogens (primary N) is 1. The van der Waals surface area contributed by atoms with Gasteiger partial charge in [-0.3, -0.25) is 0 Å². The number of hydrogen-bond acceptors (Lipinski definition) is 5. The molecule has 0 saturated heterocycles. The Bertz CT molecular complexity index is 453. The van der Waals surface area contributed by atoms with E-state index in [0.29, 0.717) is 11.7 Å². The number of rotatable bonds is 4. The molecular formula is C11H13N3OS. The second-order valence-electron chi connectivity index (χ2n) is 3.26. The lowest BCUT2D eigenvalue weighted by atomic mass is 10.3. The molecule has 2 rings (SSSR count). The van der Waals surface area contributed by atoms with Gasteiger partial charge in [-0.25, -0.2) is 4.98 Å². The molecule has 1 heterocycles. The van der Waals surface area contributed by atoms with Crippen molar-refractivity contribution in [3.63, 3.8) is 0 Å². The Labute approximate surface area is 98.1 Å². The molecule has 84 valence electrons. The van der Waals surface area contributed by atoms with Gasteiger partial charge in [-0.05, 0) is 24.3 Å². The molecule has 5 heteroatoms. The van der Waals surface area contributed by atoms with Gasteiger partial charge in [-0.1, -0.05) is 0 Å². The average Bonchev–Trinajstić information content (AvgIpc) is 2.73. The number of methoxy groups -OCH3 is 1. The van der Waals surface area contributed by atoms with Gasteiger partial charge in [0.1, 0.15) is 5.75 Å². The maximum atomic E-state index is 5.55. The molecule has 0 unspecified atom stereocenters. The lowest BCUT2D eigenvalue weighted by Crippen LogP contribution is -1.99. The fourth-order valence-corrected chi connectivity index (χ4v) is 1.87. The highest BCUT2D eigenvalue weighted by Crippen LogP contribution is 2.17. The first-order valence-corrected chi connectivity index (χ1v) is 5.73. The minimum absolute atomic E-state index is 0.603. The van der Waals surface area contributed by atoms with E-state index >= 15 is 0 Å². The fourth-order valence-electron chi connectivity index (χ4n) is 1.31. The SMILES string of the molecule is COc1ccc(NCc2csc(N)n2)cc1. The molecule has 0 amide bonds. The van der Waals surface area contributed by atoms with Crippen LogP contribution >= 0.6 is 11.3 Å². The van der Waals surface area contributed by atoms with Crippen molar-refractivity contribution in [3.05, 3.63) is 35.3 Å². The van der Waals surface area contributed by atoms with Gasteiger partial charge >= 0.3 is 0 Å². The summed E-state index contributed by atoms with van der Waals surface area (Å²) in [6.07, 6.45) is 0. The van der Waals surface area contributed by atoms with Crippen molar-refractivity contribution in [1.82, 2.24) is 4.98 Å². The summed E-state index contributed by atoms with van der Waals surface area (Å²) in [4.78, 5) is 4.17. The van der Waals surface area contributed by atoms with Crippen LogP contribution in [0.4, 0.5) is 10.8 Å². The van der Waals surface area contributed by atoms with Crippen molar-refractivity contribution in [2.24, 2.45) is 0 Å². The molecule has 0 aliphatic rings. The molecule has 1 aromatic carbocycles. The summed E-state index contributed by atoms with van der Waals surface area (Å²) in [6, 6.07) is 7.76. The molecule has 0 spiro atoms. The molecule has 4 nitrogen and oxygen atoms in total. The highest BCUT2D eigenvalue weighted by molar-refractivity contribution is 7.13. The second-order valence-corrected chi connectivity index (χ2v) is 4.15. The maximum Gasteiger partial charge on any atom is 0.180 e. The van der Waals surface area contributed by atoms with E-state index in [4.69, 9.17) is 10.5 Å². The third-order valence-electron chi connectivity index (χ3n) is 2.13. The summed E-state index contributed by atoms with van der Waals surface area (Å²) >= 11 is 1.45. The van der Waals surface area contributed by atoms with Crippen LogP contribution in [0.1, 0.15) is 5.69 Å². The number of nitrogens with zero attached hydrogens (tertiary/aromatic N) is 1. The lowest BCUT2D eigenvalue weighted by Gasteiger charge is -2.05. The van der Waals surface area contributed by atoms with Crippen molar-refractivity contribution in [2.75, 3.05) is 18.2 Å². The summed E-state index contributed by atoms with van der Waals surface area (Å²) in [6.45, 7) is 0.681. The fraction of sp³-hybridized carbons (Fsp3) is 0.182. The van der Waals surface area contributed by atoms with Gasteiger partial charge in [0.25, 0.3) is 0 Å². The van der Waals surface area contributed by atoms with E-state index in [9.17, 15) is 0 Å². The van der Waals surface area contributed by atoms with E-state index in [1.165, 1.54) is 11.3 Å². The van der Waals surface area contributed by atoms with Gasteiger partial charge < -0.3 is 15.8 Å². The maximum absolute atomic E-state index is 5.55. The Morgan fingerprint density at radius 1 is 1.38 bits per heavy atom. The van der Waals surface area contributed by atoms with Crippen LogP contribution in [-0.2, 0) is 6.54 Å². The first-order valence-electron chi connectivity index (χ1n) is 4.86. The molecule has 0 atom stereocenters. The molecule has 3 N–H and O–H groups in total. The van der Waals surface area contributed by atoms with Gasteiger partial charge in [0.2, 0.25) is 0 Å². The van der Waals surface area contributed by atoms with Crippen LogP contribution in [0.25, 0.3) is 0 Å². The Balaban J connectivity index is 1.94. The van der Waals surface area contributed by atoms with Crippen LogP contribution < -0.4 is 15.8 Å². The number of thiazole rings is 1. The number of anilines is 2. The van der Waals surface area contributed by atoms with Gasteiger partial charge in [0.15, 0.2) is 5.13 Å². The molecule has 16 heavy (non-hydrogen) atoms. The smallest absolute Gasteiger partial charge is 0.180 e. The van der Waals surface area contributed by atoms with Crippen LogP contribution in [-0.4, -0.2) is 12.1 Å². The standard InChI is InChI=1S/C11H13N3OS/c1-15-10-4-2-8(3-5-10)13-6-9-7-16-11(12)14-9/h2-5,7,13H,6H2,1H3,(H2,12,14). The molecule has 0 radical (unpaired) electrons. The number of nitrogen functional groups attached to an aromatic ring is 1. The van der Waals surface area contributed by atoms with Crippen LogP contribution in [0.15, 0.2) is 29.6 Å². The second kappa shape index (κ2) is 4.85. The molecule has 1 aromatic heterocycles.